The molecule has 2 rings (SSSR count). The zero-order chi connectivity index (χ0) is 15.5. The molecule has 0 radical (unpaired) electrons. The summed E-state index contributed by atoms with van der Waals surface area (Å²) in [6.07, 6.45) is 0.952. The molecule has 0 fully saturated rings. The zero-order valence-electron chi connectivity index (χ0n) is 13.4. The number of esters is 1. The van der Waals surface area contributed by atoms with Crippen molar-refractivity contribution in [1.29, 1.82) is 0 Å². The van der Waals surface area contributed by atoms with E-state index >= 15 is 0 Å². The number of carbonyl (C=O) groups excluding carboxylic acids is 1. The first-order chi connectivity index (χ1) is 10.2. The van der Waals surface area contributed by atoms with Crippen LogP contribution in [0.5, 0.6) is 0 Å². The van der Waals surface area contributed by atoms with Crippen molar-refractivity contribution >= 4 is 5.97 Å². The van der Waals surface area contributed by atoms with Gasteiger partial charge in [-0.1, -0.05) is 20.3 Å². The minimum atomic E-state index is -0.218. The van der Waals surface area contributed by atoms with Crippen LogP contribution in [0.3, 0.4) is 0 Å². The summed E-state index contributed by atoms with van der Waals surface area (Å²) in [6, 6.07) is 17.8. The standard InChI is InChI=1S/C13H20NO2.C5H5.Fe/c1-4-10(2)12(13(15)16-3)14-9-11-7-5-6-8-11;1-2-4-5-3-1;/h5-8,10,12,14H,4,9H2,1-3H3;1-5H;/q2*-1;+2/t10-,12-;;/m0../s1. The van der Waals surface area contributed by atoms with Crippen molar-refractivity contribution in [2.24, 2.45) is 5.92 Å². The van der Waals surface area contributed by atoms with Gasteiger partial charge in [-0.2, -0.15) is 30.3 Å². The molecule has 0 saturated heterocycles. The number of hydrogen-bond acceptors (Lipinski definition) is 3. The van der Waals surface area contributed by atoms with Crippen LogP contribution in [0, 0.1) is 5.92 Å². The molecule has 122 valence electrons. The Morgan fingerprint density at radius 2 is 1.82 bits per heavy atom. The van der Waals surface area contributed by atoms with E-state index in [0.29, 0.717) is 6.54 Å². The molecule has 0 saturated carbocycles. The number of nitrogens with one attached hydrogen (secondary N) is 1. The largest absolute Gasteiger partial charge is 2.00 e. The third-order valence-corrected chi connectivity index (χ3v) is 3.48. The molecule has 0 aliphatic heterocycles. The average molecular weight is 343 g/mol. The van der Waals surface area contributed by atoms with Crippen LogP contribution in [0.4, 0.5) is 0 Å². The van der Waals surface area contributed by atoms with Gasteiger partial charge >= 0.3 is 23.0 Å². The molecule has 0 bridgehead atoms. The van der Waals surface area contributed by atoms with E-state index in [2.05, 4.69) is 19.2 Å². The molecule has 4 heteroatoms. The second-order valence-corrected chi connectivity index (χ2v) is 5.02. The average Bonchev–Trinajstić information content (AvgIpc) is 3.22. The van der Waals surface area contributed by atoms with Gasteiger partial charge in [0.25, 0.3) is 0 Å². The molecule has 0 aliphatic rings. The normalized spacial score (nSPS) is 12.3. The van der Waals surface area contributed by atoms with E-state index < -0.39 is 0 Å². The maximum absolute atomic E-state index is 11.6. The van der Waals surface area contributed by atoms with Crippen molar-refractivity contribution in [3.8, 4) is 0 Å². The van der Waals surface area contributed by atoms with Gasteiger partial charge in [0.05, 0.1) is 7.11 Å². The molecule has 0 heterocycles. The molecule has 0 aromatic heterocycles. The minimum Gasteiger partial charge on any atom is -0.468 e. The van der Waals surface area contributed by atoms with Crippen LogP contribution >= 0.6 is 0 Å². The molecule has 0 amide bonds. The second-order valence-electron chi connectivity index (χ2n) is 5.02. The minimum absolute atomic E-state index is 0. The van der Waals surface area contributed by atoms with Crippen LogP contribution in [0.15, 0.2) is 54.6 Å². The summed E-state index contributed by atoms with van der Waals surface area (Å²) in [5, 5.41) is 3.25. The Morgan fingerprint density at radius 1 is 1.23 bits per heavy atom. The maximum Gasteiger partial charge on any atom is 2.00 e. The van der Waals surface area contributed by atoms with Crippen LogP contribution in [-0.4, -0.2) is 19.1 Å². The number of methoxy groups -OCH3 is 1. The maximum atomic E-state index is 11.6. The van der Waals surface area contributed by atoms with E-state index in [1.54, 1.807) is 0 Å². The molecule has 0 unspecified atom stereocenters. The van der Waals surface area contributed by atoms with Gasteiger partial charge < -0.3 is 10.1 Å². The van der Waals surface area contributed by atoms with E-state index in [-0.39, 0.29) is 35.0 Å². The smallest absolute Gasteiger partial charge is 0.468 e. The van der Waals surface area contributed by atoms with Crippen LogP contribution in [0.1, 0.15) is 25.8 Å². The number of ether oxygens (including phenoxy) is 1. The summed E-state index contributed by atoms with van der Waals surface area (Å²) in [5.74, 6) is 0.100. The summed E-state index contributed by atoms with van der Waals surface area (Å²) in [4.78, 5) is 11.6. The third-order valence-electron chi connectivity index (χ3n) is 3.48. The zero-order valence-corrected chi connectivity index (χ0v) is 14.5. The van der Waals surface area contributed by atoms with E-state index in [4.69, 9.17) is 4.74 Å². The van der Waals surface area contributed by atoms with Crippen LogP contribution in [-0.2, 0) is 33.1 Å². The SMILES string of the molecule is CC[C@H](C)[C@H](NC[c-]1cccc1)C(=O)OC.[Fe+2].c1cc[cH-]c1. The van der Waals surface area contributed by atoms with Gasteiger partial charge in [-0.05, 0) is 12.5 Å². The molecule has 2 aromatic carbocycles. The third kappa shape index (κ3) is 7.60. The predicted octanol–water partition coefficient (Wildman–Crippen LogP) is 3.49. The van der Waals surface area contributed by atoms with Crippen LogP contribution in [0.2, 0.25) is 0 Å². The monoisotopic (exact) mass is 343 g/mol. The fourth-order valence-corrected chi connectivity index (χ4v) is 1.96. The summed E-state index contributed by atoms with van der Waals surface area (Å²) >= 11 is 0. The topological polar surface area (TPSA) is 38.3 Å². The van der Waals surface area contributed by atoms with Gasteiger partial charge in [-0.15, -0.1) is 5.56 Å². The molecule has 0 spiro atoms. The van der Waals surface area contributed by atoms with E-state index in [1.165, 1.54) is 12.7 Å². The quantitative estimate of drug-likeness (QED) is 0.496. The predicted molar refractivity (Wildman–Crippen MR) is 86.2 cm³/mol. The Balaban J connectivity index is 0.000000622. The molecule has 22 heavy (non-hydrogen) atoms. The Bertz CT molecular complexity index is 448. The fourth-order valence-electron chi connectivity index (χ4n) is 1.96. The summed E-state index contributed by atoms with van der Waals surface area (Å²) < 4.78 is 4.80. The molecule has 2 atom stereocenters. The first-order valence-electron chi connectivity index (χ1n) is 7.37. The van der Waals surface area contributed by atoms with E-state index in [1.807, 2.05) is 54.6 Å². The van der Waals surface area contributed by atoms with Gasteiger partial charge in [0.15, 0.2) is 0 Å². The number of rotatable bonds is 6. The molecule has 1 N–H and O–H groups in total. The molecular weight excluding hydrogens is 318 g/mol. The summed E-state index contributed by atoms with van der Waals surface area (Å²) in [5.41, 5.74) is 1.19. The van der Waals surface area contributed by atoms with Gasteiger partial charge in [0, 0.05) is 0 Å². The Labute approximate surface area is 144 Å². The van der Waals surface area contributed by atoms with Crippen molar-refractivity contribution in [2.45, 2.75) is 32.9 Å². The van der Waals surface area contributed by atoms with Gasteiger partial charge in [-0.3, -0.25) is 4.79 Å². The number of carbonyl (C=O) groups is 1. The van der Waals surface area contributed by atoms with Gasteiger partial charge in [-0.25, -0.2) is 24.3 Å². The molecule has 0 aliphatic carbocycles. The van der Waals surface area contributed by atoms with E-state index in [0.717, 1.165) is 6.42 Å². The Morgan fingerprint density at radius 3 is 2.23 bits per heavy atom. The van der Waals surface area contributed by atoms with Crippen molar-refractivity contribution < 1.29 is 26.6 Å². The van der Waals surface area contributed by atoms with Crippen LogP contribution < -0.4 is 5.32 Å². The van der Waals surface area contributed by atoms with Crippen LogP contribution in [0.25, 0.3) is 0 Å². The summed E-state index contributed by atoms with van der Waals surface area (Å²) in [7, 11) is 1.43. The first-order valence-corrected chi connectivity index (χ1v) is 7.37. The fraction of sp³-hybridized carbons (Fsp3) is 0.389. The first kappa shape index (κ1) is 20.6. The molecular formula is C18H25FeNO2. The van der Waals surface area contributed by atoms with Crippen molar-refractivity contribution in [1.82, 2.24) is 5.32 Å². The Hall–Kier alpha value is -1.35. The molecule has 3 nitrogen and oxygen atoms in total. The van der Waals surface area contributed by atoms with Crippen molar-refractivity contribution in [3.05, 3.63) is 60.2 Å². The summed E-state index contributed by atoms with van der Waals surface area (Å²) in [6.45, 7) is 4.83. The molecule has 2 aromatic rings. The second kappa shape index (κ2) is 12.2. The van der Waals surface area contributed by atoms with Gasteiger partial charge in [0.1, 0.15) is 6.04 Å². The van der Waals surface area contributed by atoms with E-state index in [9.17, 15) is 4.79 Å². The van der Waals surface area contributed by atoms with Crippen molar-refractivity contribution in [3.63, 3.8) is 0 Å². The van der Waals surface area contributed by atoms with Crippen molar-refractivity contribution in [2.75, 3.05) is 7.11 Å². The van der Waals surface area contributed by atoms with Gasteiger partial charge in [0.2, 0.25) is 0 Å². The number of hydrogen-bond donors (Lipinski definition) is 1. The Kier molecular flexibility index (Phi) is 11.5.